The van der Waals surface area contributed by atoms with Gasteiger partial charge < -0.3 is 4.90 Å². The van der Waals surface area contributed by atoms with Crippen LogP contribution >= 0.6 is 11.6 Å². The number of sulfonamides is 1. The first-order valence-corrected chi connectivity index (χ1v) is 9.29. The van der Waals surface area contributed by atoms with E-state index in [1.165, 1.54) is 0 Å². The number of rotatable bonds is 9. The van der Waals surface area contributed by atoms with E-state index in [4.69, 9.17) is 11.6 Å². The molecular formula is C15H25ClN2O2S. The van der Waals surface area contributed by atoms with Crippen molar-refractivity contribution in [3.63, 3.8) is 0 Å². The first kappa shape index (κ1) is 18.4. The molecule has 21 heavy (non-hydrogen) atoms. The molecule has 1 aromatic rings. The van der Waals surface area contributed by atoms with Gasteiger partial charge in [-0.05, 0) is 38.2 Å². The van der Waals surface area contributed by atoms with Gasteiger partial charge in [0.25, 0.3) is 0 Å². The maximum atomic E-state index is 12.4. The normalized spacial score (nSPS) is 12.3. The number of alkyl halides is 1. The van der Waals surface area contributed by atoms with Gasteiger partial charge >= 0.3 is 0 Å². The number of hydrogen-bond acceptors (Lipinski definition) is 3. The van der Waals surface area contributed by atoms with E-state index < -0.39 is 10.0 Å². The zero-order chi connectivity index (χ0) is 15.9. The molecule has 0 fully saturated rings. The van der Waals surface area contributed by atoms with Crippen molar-refractivity contribution < 1.29 is 8.42 Å². The molecule has 0 aromatic heterocycles. The molecular weight excluding hydrogens is 308 g/mol. The number of nitrogens with zero attached hydrogens (tertiary/aromatic N) is 2. The van der Waals surface area contributed by atoms with Crippen molar-refractivity contribution in [1.29, 1.82) is 0 Å². The molecule has 0 radical (unpaired) electrons. The Labute approximate surface area is 133 Å². The lowest BCUT2D eigenvalue weighted by Gasteiger charge is -2.21. The van der Waals surface area contributed by atoms with E-state index in [1.54, 1.807) is 4.31 Å². The van der Waals surface area contributed by atoms with Crippen molar-refractivity contribution >= 4 is 21.6 Å². The molecule has 0 aliphatic carbocycles. The average molecular weight is 333 g/mol. The molecule has 0 heterocycles. The Morgan fingerprint density at radius 1 is 1.05 bits per heavy atom. The van der Waals surface area contributed by atoms with Gasteiger partial charge in [0.15, 0.2) is 0 Å². The minimum atomic E-state index is -3.26. The molecule has 6 heteroatoms. The molecule has 0 saturated heterocycles. The van der Waals surface area contributed by atoms with Crippen molar-refractivity contribution in [3.05, 3.63) is 35.4 Å². The summed E-state index contributed by atoms with van der Waals surface area (Å²) >= 11 is 5.74. The fourth-order valence-corrected chi connectivity index (χ4v) is 3.86. The summed E-state index contributed by atoms with van der Waals surface area (Å²) in [5, 5.41) is 0. The quantitative estimate of drug-likeness (QED) is 0.652. The van der Waals surface area contributed by atoms with Crippen LogP contribution in [0.25, 0.3) is 0 Å². The molecule has 0 atom stereocenters. The van der Waals surface area contributed by atoms with Crippen molar-refractivity contribution in [1.82, 2.24) is 9.21 Å². The summed E-state index contributed by atoms with van der Waals surface area (Å²) in [6.45, 7) is 3.84. The van der Waals surface area contributed by atoms with Crippen LogP contribution in [0.2, 0.25) is 0 Å². The van der Waals surface area contributed by atoms with E-state index in [0.717, 1.165) is 24.1 Å². The van der Waals surface area contributed by atoms with Gasteiger partial charge in [-0.25, -0.2) is 12.7 Å². The largest absolute Gasteiger partial charge is 0.309 e. The van der Waals surface area contributed by atoms with Gasteiger partial charge in [0, 0.05) is 19.0 Å². The van der Waals surface area contributed by atoms with Gasteiger partial charge in [-0.15, -0.1) is 11.6 Å². The number of benzene rings is 1. The molecule has 0 aliphatic heterocycles. The molecule has 0 bridgehead atoms. The predicted octanol–water partition coefficient (Wildman–Crippen LogP) is 2.53. The van der Waals surface area contributed by atoms with E-state index in [1.807, 2.05) is 45.3 Å². The SMILES string of the molecule is CCN(CCCN(C)C)S(=O)(=O)Cc1ccc(CCl)cc1. The number of halogens is 1. The fraction of sp³-hybridized carbons (Fsp3) is 0.600. The summed E-state index contributed by atoms with van der Waals surface area (Å²) in [7, 11) is 0.717. The minimum absolute atomic E-state index is 0.0470. The van der Waals surface area contributed by atoms with Crippen LogP contribution in [-0.2, 0) is 21.7 Å². The Bertz CT molecular complexity index is 515. The topological polar surface area (TPSA) is 40.6 Å². The van der Waals surface area contributed by atoms with Gasteiger partial charge in [0.1, 0.15) is 0 Å². The van der Waals surface area contributed by atoms with Crippen LogP contribution in [0, 0.1) is 0 Å². The Balaban J connectivity index is 2.67. The number of hydrogen-bond donors (Lipinski definition) is 0. The van der Waals surface area contributed by atoms with Gasteiger partial charge in [-0.1, -0.05) is 31.2 Å². The average Bonchev–Trinajstić information content (AvgIpc) is 2.43. The summed E-state index contributed by atoms with van der Waals surface area (Å²) in [5.74, 6) is 0.490. The van der Waals surface area contributed by atoms with Crippen LogP contribution in [0.5, 0.6) is 0 Å². The molecule has 1 rings (SSSR count). The summed E-state index contributed by atoms with van der Waals surface area (Å²) in [5.41, 5.74) is 1.80. The molecule has 0 spiro atoms. The molecule has 0 N–H and O–H groups in total. The van der Waals surface area contributed by atoms with Crippen molar-refractivity contribution in [3.8, 4) is 0 Å². The van der Waals surface area contributed by atoms with Crippen molar-refractivity contribution in [2.45, 2.75) is 25.0 Å². The van der Waals surface area contributed by atoms with Crippen molar-refractivity contribution in [2.75, 3.05) is 33.7 Å². The summed E-state index contributed by atoms with van der Waals surface area (Å²) in [6, 6.07) is 7.42. The standard InChI is InChI=1S/C15H25ClN2O2S/c1-4-18(11-5-10-17(2)3)21(19,20)13-15-8-6-14(12-16)7-9-15/h6-9H,4-5,10-13H2,1-3H3. The van der Waals surface area contributed by atoms with E-state index in [0.29, 0.717) is 19.0 Å². The smallest absolute Gasteiger partial charge is 0.218 e. The monoisotopic (exact) mass is 332 g/mol. The second-order valence-electron chi connectivity index (χ2n) is 5.35. The third-order valence-electron chi connectivity index (χ3n) is 3.29. The molecule has 4 nitrogen and oxygen atoms in total. The van der Waals surface area contributed by atoms with Crippen LogP contribution in [-0.4, -0.2) is 51.4 Å². The second-order valence-corrected chi connectivity index (χ2v) is 7.59. The second kappa shape index (κ2) is 8.73. The maximum absolute atomic E-state index is 12.4. The highest BCUT2D eigenvalue weighted by Gasteiger charge is 2.20. The highest BCUT2D eigenvalue weighted by Crippen LogP contribution is 2.13. The van der Waals surface area contributed by atoms with E-state index in [9.17, 15) is 8.42 Å². The molecule has 0 amide bonds. The molecule has 120 valence electrons. The molecule has 1 aromatic carbocycles. The Kier molecular flexibility index (Phi) is 7.66. The van der Waals surface area contributed by atoms with Gasteiger partial charge in [0.2, 0.25) is 10.0 Å². The maximum Gasteiger partial charge on any atom is 0.218 e. The summed E-state index contributed by atoms with van der Waals surface area (Å²) in [6.07, 6.45) is 0.839. The lowest BCUT2D eigenvalue weighted by Crippen LogP contribution is -2.34. The summed E-state index contributed by atoms with van der Waals surface area (Å²) < 4.78 is 26.5. The van der Waals surface area contributed by atoms with Gasteiger partial charge in [-0.2, -0.15) is 0 Å². The first-order chi connectivity index (χ1) is 9.89. The predicted molar refractivity (Wildman–Crippen MR) is 89.0 cm³/mol. The molecule has 0 unspecified atom stereocenters. The van der Waals surface area contributed by atoms with Crippen LogP contribution in [0.15, 0.2) is 24.3 Å². The lowest BCUT2D eigenvalue weighted by atomic mass is 10.2. The molecule has 0 aliphatic rings. The van der Waals surface area contributed by atoms with Crippen LogP contribution in [0.3, 0.4) is 0 Å². The Morgan fingerprint density at radius 2 is 1.62 bits per heavy atom. The van der Waals surface area contributed by atoms with Gasteiger partial charge in [0.05, 0.1) is 5.75 Å². The Morgan fingerprint density at radius 3 is 2.10 bits per heavy atom. The fourth-order valence-electron chi connectivity index (χ4n) is 2.08. The summed E-state index contributed by atoms with van der Waals surface area (Å²) in [4.78, 5) is 2.06. The zero-order valence-electron chi connectivity index (χ0n) is 13.0. The van der Waals surface area contributed by atoms with Crippen LogP contribution in [0.4, 0.5) is 0 Å². The van der Waals surface area contributed by atoms with E-state index in [-0.39, 0.29) is 5.75 Å². The lowest BCUT2D eigenvalue weighted by molar-refractivity contribution is 0.356. The highest BCUT2D eigenvalue weighted by molar-refractivity contribution is 7.88. The third-order valence-corrected chi connectivity index (χ3v) is 5.52. The minimum Gasteiger partial charge on any atom is -0.309 e. The molecule has 0 saturated carbocycles. The first-order valence-electron chi connectivity index (χ1n) is 7.15. The van der Waals surface area contributed by atoms with Crippen LogP contribution in [0.1, 0.15) is 24.5 Å². The zero-order valence-corrected chi connectivity index (χ0v) is 14.6. The van der Waals surface area contributed by atoms with Crippen LogP contribution < -0.4 is 0 Å². The third kappa shape index (κ3) is 6.34. The van der Waals surface area contributed by atoms with Crippen molar-refractivity contribution in [2.24, 2.45) is 0 Å². The van der Waals surface area contributed by atoms with E-state index in [2.05, 4.69) is 4.90 Å². The van der Waals surface area contributed by atoms with Gasteiger partial charge in [-0.3, -0.25) is 0 Å². The Hall–Kier alpha value is -0.620. The highest BCUT2D eigenvalue weighted by atomic mass is 35.5. The van der Waals surface area contributed by atoms with E-state index >= 15 is 0 Å².